The summed E-state index contributed by atoms with van der Waals surface area (Å²) >= 11 is 0. The number of amides is 1. The van der Waals surface area contributed by atoms with Crippen molar-refractivity contribution in [1.29, 1.82) is 0 Å². The maximum Gasteiger partial charge on any atom is 0.305 e. The second-order valence-corrected chi connectivity index (χ2v) is 23.2. The van der Waals surface area contributed by atoms with Gasteiger partial charge in [0.05, 0.1) is 25.4 Å². The van der Waals surface area contributed by atoms with E-state index in [9.17, 15) is 19.8 Å². The molecule has 0 aliphatic rings. The SMILES string of the molecule is CCCCCCCCCCCCCCCCCCCCCCC(O)C(CO)NC(=O)CCCCCCCCC/C=C\C/C=C\CCCCCCCCCCCOC(=O)CCCCCCCCCCCCCCCC. The number of aliphatic hydroxyl groups excluding tert-OH is 2. The highest BCUT2D eigenvalue weighted by Crippen LogP contribution is 2.18. The van der Waals surface area contributed by atoms with Crippen molar-refractivity contribution in [2.24, 2.45) is 0 Å². The second-order valence-electron chi connectivity index (χ2n) is 23.2. The van der Waals surface area contributed by atoms with Crippen LogP contribution in [0.1, 0.15) is 373 Å². The third kappa shape index (κ3) is 59.6. The fourth-order valence-electron chi connectivity index (χ4n) is 10.6. The van der Waals surface area contributed by atoms with Gasteiger partial charge in [-0.15, -0.1) is 0 Å². The number of ether oxygens (including phenoxy) is 1. The van der Waals surface area contributed by atoms with E-state index in [-0.39, 0.29) is 18.5 Å². The van der Waals surface area contributed by atoms with Crippen molar-refractivity contribution < 1.29 is 24.5 Å². The van der Waals surface area contributed by atoms with Crippen LogP contribution in [0.25, 0.3) is 0 Å². The van der Waals surface area contributed by atoms with Gasteiger partial charge in [0.2, 0.25) is 5.91 Å². The van der Waals surface area contributed by atoms with Gasteiger partial charge in [0.25, 0.3) is 0 Å². The van der Waals surface area contributed by atoms with Crippen LogP contribution in [0.3, 0.4) is 0 Å². The van der Waals surface area contributed by atoms with Crippen LogP contribution >= 0.6 is 0 Å². The summed E-state index contributed by atoms with van der Waals surface area (Å²) < 4.78 is 5.48. The topological polar surface area (TPSA) is 95.9 Å². The number of nitrogens with one attached hydrogen (secondary N) is 1. The van der Waals surface area contributed by atoms with Gasteiger partial charge in [0, 0.05) is 12.8 Å². The first kappa shape index (κ1) is 72.3. The first-order chi connectivity index (χ1) is 36.5. The molecule has 0 aliphatic carbocycles. The minimum absolute atomic E-state index is 0.0100. The van der Waals surface area contributed by atoms with Crippen LogP contribution < -0.4 is 5.32 Å². The molecule has 0 aromatic rings. The van der Waals surface area contributed by atoms with Crippen LogP contribution in [0.5, 0.6) is 0 Å². The molecule has 0 aliphatic heterocycles. The van der Waals surface area contributed by atoms with Crippen LogP contribution in [-0.4, -0.2) is 47.4 Å². The van der Waals surface area contributed by atoms with Gasteiger partial charge in [0.15, 0.2) is 0 Å². The van der Waals surface area contributed by atoms with E-state index in [4.69, 9.17) is 4.74 Å². The number of rotatable bonds is 63. The van der Waals surface area contributed by atoms with Gasteiger partial charge in [0.1, 0.15) is 0 Å². The predicted octanol–water partition coefficient (Wildman–Crippen LogP) is 21.4. The van der Waals surface area contributed by atoms with E-state index in [0.717, 1.165) is 44.9 Å². The number of aliphatic hydroxyl groups is 2. The first-order valence-corrected chi connectivity index (χ1v) is 33.6. The lowest BCUT2D eigenvalue weighted by molar-refractivity contribution is -0.143. The maximum absolute atomic E-state index is 12.5. The van der Waals surface area contributed by atoms with Gasteiger partial charge >= 0.3 is 5.97 Å². The zero-order valence-electron chi connectivity index (χ0n) is 50.1. The van der Waals surface area contributed by atoms with Crippen LogP contribution in [0, 0.1) is 0 Å². The normalized spacial score (nSPS) is 12.6. The summed E-state index contributed by atoms with van der Waals surface area (Å²) in [6, 6.07) is -0.550. The molecule has 0 aromatic heterocycles. The first-order valence-electron chi connectivity index (χ1n) is 33.6. The van der Waals surface area contributed by atoms with Crippen molar-refractivity contribution in [3.63, 3.8) is 0 Å². The number of carbonyl (C=O) groups excluding carboxylic acids is 2. The number of allylic oxidation sites excluding steroid dienone is 4. The van der Waals surface area contributed by atoms with Gasteiger partial charge in [-0.2, -0.15) is 0 Å². The summed E-state index contributed by atoms with van der Waals surface area (Å²) in [6.07, 6.45) is 79.2. The van der Waals surface area contributed by atoms with Crippen LogP contribution in [0.4, 0.5) is 0 Å². The highest BCUT2D eigenvalue weighted by atomic mass is 16.5. The Balaban J connectivity index is 3.44. The Kier molecular flexibility index (Phi) is 62.4. The van der Waals surface area contributed by atoms with E-state index >= 15 is 0 Å². The van der Waals surface area contributed by atoms with Crippen molar-refractivity contribution in [3.05, 3.63) is 24.3 Å². The summed E-state index contributed by atoms with van der Waals surface area (Å²) in [5.41, 5.74) is 0. The Bertz CT molecular complexity index is 1150. The Morgan fingerprint density at radius 2 is 0.676 bits per heavy atom. The zero-order valence-corrected chi connectivity index (χ0v) is 50.1. The molecule has 0 saturated carbocycles. The Morgan fingerprint density at radius 3 is 1.03 bits per heavy atom. The lowest BCUT2D eigenvalue weighted by Gasteiger charge is -2.22. The fraction of sp³-hybridized carbons (Fsp3) is 0.912. The van der Waals surface area contributed by atoms with E-state index in [0.29, 0.717) is 25.9 Å². The summed E-state index contributed by atoms with van der Waals surface area (Å²) in [7, 11) is 0. The van der Waals surface area contributed by atoms with Gasteiger partial charge in [-0.25, -0.2) is 0 Å². The number of hydrogen-bond donors (Lipinski definition) is 3. The molecule has 74 heavy (non-hydrogen) atoms. The molecule has 2 atom stereocenters. The molecule has 0 rings (SSSR count). The molecule has 0 saturated heterocycles. The van der Waals surface area contributed by atoms with Crippen molar-refractivity contribution in [1.82, 2.24) is 5.32 Å². The Hall–Kier alpha value is -1.66. The molecular weight excluding hydrogens is 911 g/mol. The van der Waals surface area contributed by atoms with Crippen LogP contribution in [-0.2, 0) is 14.3 Å². The Morgan fingerprint density at radius 1 is 0.378 bits per heavy atom. The number of carbonyl (C=O) groups is 2. The molecule has 3 N–H and O–H groups in total. The second kappa shape index (κ2) is 63.9. The van der Waals surface area contributed by atoms with E-state index in [1.165, 1.54) is 295 Å². The highest BCUT2D eigenvalue weighted by molar-refractivity contribution is 5.76. The van der Waals surface area contributed by atoms with Crippen molar-refractivity contribution in [2.45, 2.75) is 386 Å². The fourth-order valence-corrected chi connectivity index (χ4v) is 10.6. The summed E-state index contributed by atoms with van der Waals surface area (Å²) in [4.78, 5) is 24.6. The minimum atomic E-state index is -0.672. The van der Waals surface area contributed by atoms with E-state index in [1.807, 2.05) is 0 Å². The molecule has 0 aromatic carbocycles. The quantitative estimate of drug-likeness (QED) is 0.0320. The highest BCUT2D eigenvalue weighted by Gasteiger charge is 2.20. The molecule has 0 heterocycles. The maximum atomic E-state index is 12.5. The van der Waals surface area contributed by atoms with E-state index in [2.05, 4.69) is 43.5 Å². The van der Waals surface area contributed by atoms with Gasteiger partial charge in [-0.3, -0.25) is 9.59 Å². The number of hydrogen-bond acceptors (Lipinski definition) is 5. The van der Waals surface area contributed by atoms with Crippen molar-refractivity contribution in [2.75, 3.05) is 13.2 Å². The standard InChI is InChI=1S/C68H131NO5/c1-3-5-7-9-11-13-15-17-19-20-21-27-30-33-36-40-44-48-52-56-60-66(71)65(64-70)69-67(72)61-57-53-49-45-41-37-34-31-28-25-23-22-24-26-29-32-35-39-43-47-51-55-59-63-74-68(73)62-58-54-50-46-42-38-18-16-14-12-10-8-6-4-2/h22,24-25,28,65-66,70-71H,3-21,23,26-27,29-64H2,1-2H3,(H,69,72)/b24-22-,28-25-. The molecule has 0 fully saturated rings. The molecule has 2 unspecified atom stereocenters. The summed E-state index contributed by atoms with van der Waals surface area (Å²) in [6.45, 7) is 4.98. The molecule has 0 spiro atoms. The van der Waals surface area contributed by atoms with Gasteiger partial charge in [-0.05, 0) is 57.8 Å². The number of unbranched alkanes of at least 4 members (excludes halogenated alkanes) is 48. The van der Waals surface area contributed by atoms with Gasteiger partial charge < -0.3 is 20.3 Å². The summed E-state index contributed by atoms with van der Waals surface area (Å²) in [5.74, 6) is -0.0317. The monoisotopic (exact) mass is 1040 g/mol. The van der Waals surface area contributed by atoms with E-state index in [1.54, 1.807) is 0 Å². The third-order valence-corrected chi connectivity index (χ3v) is 15.8. The number of esters is 1. The third-order valence-electron chi connectivity index (χ3n) is 15.8. The lowest BCUT2D eigenvalue weighted by atomic mass is 10.0. The van der Waals surface area contributed by atoms with Crippen LogP contribution in [0.2, 0.25) is 0 Å². The molecule has 0 bridgehead atoms. The predicted molar refractivity (Wildman–Crippen MR) is 324 cm³/mol. The minimum Gasteiger partial charge on any atom is -0.466 e. The summed E-state index contributed by atoms with van der Waals surface area (Å²) in [5, 5.41) is 23.4. The van der Waals surface area contributed by atoms with Crippen molar-refractivity contribution >= 4 is 11.9 Å². The average molecular weight is 1040 g/mol. The van der Waals surface area contributed by atoms with Crippen molar-refractivity contribution in [3.8, 4) is 0 Å². The molecule has 0 radical (unpaired) electrons. The Labute approximate surface area is 462 Å². The molecular formula is C68H131NO5. The zero-order chi connectivity index (χ0) is 53.6. The molecule has 1 amide bonds. The lowest BCUT2D eigenvalue weighted by Crippen LogP contribution is -2.45. The van der Waals surface area contributed by atoms with Crippen LogP contribution in [0.15, 0.2) is 24.3 Å². The molecule has 6 nitrogen and oxygen atoms in total. The molecule has 438 valence electrons. The smallest absolute Gasteiger partial charge is 0.305 e. The average Bonchev–Trinajstić information content (AvgIpc) is 3.40. The van der Waals surface area contributed by atoms with E-state index < -0.39 is 12.1 Å². The molecule has 6 heteroatoms. The largest absolute Gasteiger partial charge is 0.466 e. The van der Waals surface area contributed by atoms with Gasteiger partial charge in [-0.1, -0.05) is 327 Å².